The molecule has 3 N–H and O–H groups in total. The Morgan fingerprint density at radius 2 is 2.14 bits per heavy atom. The molecule has 0 aliphatic carbocycles. The van der Waals surface area contributed by atoms with Gasteiger partial charge in [0.2, 0.25) is 0 Å². The highest BCUT2D eigenvalue weighted by atomic mass is 35.5. The molecular formula is C14H23ClN6O. The van der Waals surface area contributed by atoms with Crippen molar-refractivity contribution >= 4 is 18.3 Å². The minimum absolute atomic E-state index is 0. The summed E-state index contributed by atoms with van der Waals surface area (Å²) in [6.07, 6.45) is 0. The SMILES string of the molecule is CNC(C)CNC(=O)c1cc(-c2c(C)nn(C)c2C)n[nH]1.Cl. The number of halogens is 1. The third-order valence-electron chi connectivity index (χ3n) is 3.65. The molecule has 0 saturated carbocycles. The molecular weight excluding hydrogens is 304 g/mol. The number of rotatable bonds is 5. The molecule has 0 radical (unpaired) electrons. The van der Waals surface area contributed by atoms with Gasteiger partial charge in [0.1, 0.15) is 5.69 Å². The van der Waals surface area contributed by atoms with Crippen LogP contribution in [0.4, 0.5) is 0 Å². The van der Waals surface area contributed by atoms with Crippen molar-refractivity contribution in [2.75, 3.05) is 13.6 Å². The average Bonchev–Trinajstić information content (AvgIpc) is 3.02. The molecule has 8 heteroatoms. The second-order valence-corrected chi connectivity index (χ2v) is 5.24. The topological polar surface area (TPSA) is 87.6 Å². The van der Waals surface area contributed by atoms with Gasteiger partial charge >= 0.3 is 0 Å². The lowest BCUT2D eigenvalue weighted by Gasteiger charge is -2.10. The highest BCUT2D eigenvalue weighted by molar-refractivity contribution is 5.93. The molecule has 2 aromatic heterocycles. The van der Waals surface area contributed by atoms with Crippen molar-refractivity contribution in [1.82, 2.24) is 30.6 Å². The van der Waals surface area contributed by atoms with E-state index in [4.69, 9.17) is 0 Å². The Balaban J connectivity index is 0.00000242. The van der Waals surface area contributed by atoms with Crippen LogP contribution in [-0.4, -0.2) is 45.5 Å². The molecule has 1 amide bonds. The molecule has 1 unspecified atom stereocenters. The summed E-state index contributed by atoms with van der Waals surface area (Å²) in [5.74, 6) is -0.157. The van der Waals surface area contributed by atoms with Crippen molar-refractivity contribution in [2.45, 2.75) is 26.8 Å². The van der Waals surface area contributed by atoms with Crippen LogP contribution in [0.3, 0.4) is 0 Å². The van der Waals surface area contributed by atoms with Crippen LogP contribution in [-0.2, 0) is 7.05 Å². The Bertz CT molecular complexity index is 648. The van der Waals surface area contributed by atoms with Crippen LogP contribution in [0.2, 0.25) is 0 Å². The van der Waals surface area contributed by atoms with E-state index in [0.717, 1.165) is 22.6 Å². The first-order chi connectivity index (χ1) is 9.93. The van der Waals surface area contributed by atoms with Gasteiger partial charge in [0.15, 0.2) is 0 Å². The van der Waals surface area contributed by atoms with Crippen molar-refractivity contribution in [3.05, 3.63) is 23.1 Å². The normalized spacial score (nSPS) is 11.9. The van der Waals surface area contributed by atoms with Crippen LogP contribution in [0, 0.1) is 13.8 Å². The Labute approximate surface area is 136 Å². The van der Waals surface area contributed by atoms with E-state index in [2.05, 4.69) is 25.9 Å². The van der Waals surface area contributed by atoms with Crippen LogP contribution in [0.1, 0.15) is 28.8 Å². The minimum Gasteiger partial charge on any atom is -0.349 e. The molecule has 0 spiro atoms. The second kappa shape index (κ2) is 7.42. The van der Waals surface area contributed by atoms with E-state index < -0.39 is 0 Å². The van der Waals surface area contributed by atoms with E-state index in [0.29, 0.717) is 12.2 Å². The molecule has 0 aliphatic heterocycles. The number of aromatic amines is 1. The summed E-state index contributed by atoms with van der Waals surface area (Å²) < 4.78 is 1.81. The molecule has 2 heterocycles. The highest BCUT2D eigenvalue weighted by Gasteiger charge is 2.17. The van der Waals surface area contributed by atoms with Crippen LogP contribution in [0.15, 0.2) is 6.07 Å². The predicted octanol–water partition coefficient (Wildman–Crippen LogP) is 1.19. The van der Waals surface area contributed by atoms with Gasteiger partial charge in [-0.25, -0.2) is 0 Å². The van der Waals surface area contributed by atoms with Crippen LogP contribution in [0.25, 0.3) is 11.3 Å². The number of likely N-dealkylation sites (N-methyl/N-ethyl adjacent to an activating group) is 1. The average molecular weight is 327 g/mol. The van der Waals surface area contributed by atoms with Gasteiger partial charge in [0, 0.05) is 30.9 Å². The number of carbonyl (C=O) groups excluding carboxylic acids is 1. The third kappa shape index (κ3) is 3.66. The number of hydrogen-bond donors (Lipinski definition) is 3. The van der Waals surface area contributed by atoms with E-state index in [9.17, 15) is 4.79 Å². The lowest BCUT2D eigenvalue weighted by Crippen LogP contribution is -2.37. The minimum atomic E-state index is -0.157. The first-order valence-corrected chi connectivity index (χ1v) is 6.95. The summed E-state index contributed by atoms with van der Waals surface area (Å²) >= 11 is 0. The summed E-state index contributed by atoms with van der Waals surface area (Å²) in [7, 11) is 3.75. The van der Waals surface area contributed by atoms with E-state index in [1.165, 1.54) is 0 Å². The number of carbonyl (C=O) groups is 1. The second-order valence-electron chi connectivity index (χ2n) is 5.24. The fourth-order valence-corrected chi connectivity index (χ4v) is 2.15. The van der Waals surface area contributed by atoms with E-state index >= 15 is 0 Å². The molecule has 0 aromatic carbocycles. The van der Waals surface area contributed by atoms with Crippen LogP contribution < -0.4 is 10.6 Å². The molecule has 0 saturated heterocycles. The zero-order valence-corrected chi connectivity index (χ0v) is 14.3. The molecule has 2 aromatic rings. The van der Waals surface area contributed by atoms with Gasteiger partial charge < -0.3 is 10.6 Å². The number of aryl methyl sites for hydroxylation is 2. The number of H-pyrrole nitrogens is 1. The zero-order chi connectivity index (χ0) is 15.6. The van der Waals surface area contributed by atoms with E-state index in [1.807, 2.05) is 39.5 Å². The van der Waals surface area contributed by atoms with Crippen molar-refractivity contribution in [1.29, 1.82) is 0 Å². The molecule has 1 atom stereocenters. The largest absolute Gasteiger partial charge is 0.349 e. The molecule has 0 bridgehead atoms. The summed E-state index contributed by atoms with van der Waals surface area (Å²) in [5, 5.41) is 17.3. The summed E-state index contributed by atoms with van der Waals surface area (Å²) in [4.78, 5) is 12.1. The molecule has 0 aliphatic rings. The fraction of sp³-hybridized carbons (Fsp3) is 0.500. The third-order valence-corrected chi connectivity index (χ3v) is 3.65. The smallest absolute Gasteiger partial charge is 0.269 e. The van der Waals surface area contributed by atoms with Gasteiger partial charge in [-0.3, -0.25) is 14.6 Å². The summed E-state index contributed by atoms with van der Waals surface area (Å²) in [5.41, 5.74) is 4.09. The number of nitrogens with one attached hydrogen (secondary N) is 3. The molecule has 122 valence electrons. The maximum atomic E-state index is 12.1. The van der Waals surface area contributed by atoms with Gasteiger partial charge in [-0.15, -0.1) is 12.4 Å². The van der Waals surface area contributed by atoms with Crippen LogP contribution in [0.5, 0.6) is 0 Å². The molecule has 0 fully saturated rings. The standard InChI is InChI=1S/C14H22N6O.ClH/c1-8(15-4)7-16-14(21)12-6-11(17-18-12)13-9(2)19-20(5)10(13)3;/h6,8,15H,7H2,1-5H3,(H,16,21)(H,17,18);1H. The quantitative estimate of drug-likeness (QED) is 0.770. The maximum absolute atomic E-state index is 12.1. The number of nitrogens with zero attached hydrogens (tertiary/aromatic N) is 3. The summed E-state index contributed by atoms with van der Waals surface area (Å²) in [6.45, 7) is 6.49. The Kier molecular flexibility index (Phi) is 6.13. The maximum Gasteiger partial charge on any atom is 0.269 e. The number of hydrogen-bond acceptors (Lipinski definition) is 4. The van der Waals surface area contributed by atoms with Crippen LogP contribution >= 0.6 is 12.4 Å². The predicted molar refractivity (Wildman–Crippen MR) is 88.4 cm³/mol. The zero-order valence-electron chi connectivity index (χ0n) is 13.5. The van der Waals surface area contributed by atoms with E-state index in [-0.39, 0.29) is 24.4 Å². The lowest BCUT2D eigenvalue weighted by atomic mass is 10.1. The fourth-order valence-electron chi connectivity index (χ4n) is 2.15. The van der Waals surface area contributed by atoms with Crippen molar-refractivity contribution < 1.29 is 4.79 Å². The van der Waals surface area contributed by atoms with Crippen molar-refractivity contribution in [3.8, 4) is 11.3 Å². The Morgan fingerprint density at radius 1 is 1.45 bits per heavy atom. The molecule has 2 rings (SSSR count). The number of amides is 1. The molecule has 7 nitrogen and oxygen atoms in total. The van der Waals surface area contributed by atoms with Crippen molar-refractivity contribution in [3.63, 3.8) is 0 Å². The van der Waals surface area contributed by atoms with Gasteiger partial charge in [-0.05, 0) is 33.9 Å². The van der Waals surface area contributed by atoms with E-state index in [1.54, 1.807) is 6.07 Å². The van der Waals surface area contributed by atoms with Gasteiger partial charge in [-0.2, -0.15) is 10.2 Å². The van der Waals surface area contributed by atoms with Gasteiger partial charge in [0.05, 0.1) is 11.4 Å². The first-order valence-electron chi connectivity index (χ1n) is 6.95. The summed E-state index contributed by atoms with van der Waals surface area (Å²) in [6, 6.07) is 1.98. The van der Waals surface area contributed by atoms with Gasteiger partial charge in [0.25, 0.3) is 5.91 Å². The Hall–Kier alpha value is -1.86. The Morgan fingerprint density at radius 3 is 2.68 bits per heavy atom. The molecule has 22 heavy (non-hydrogen) atoms. The highest BCUT2D eigenvalue weighted by Crippen LogP contribution is 2.24. The lowest BCUT2D eigenvalue weighted by molar-refractivity contribution is 0.0945. The first kappa shape index (κ1) is 18.2. The van der Waals surface area contributed by atoms with Gasteiger partial charge in [-0.1, -0.05) is 0 Å². The number of aromatic nitrogens is 4. The van der Waals surface area contributed by atoms with Crippen molar-refractivity contribution in [2.24, 2.45) is 7.05 Å². The monoisotopic (exact) mass is 326 g/mol.